The SMILES string of the molecule is Cc1cn[nH]c1C1CCCN(Cc2ccco2)C1. The second-order valence-electron chi connectivity index (χ2n) is 5.12. The topological polar surface area (TPSA) is 45.1 Å². The minimum Gasteiger partial charge on any atom is -0.468 e. The summed E-state index contributed by atoms with van der Waals surface area (Å²) in [6, 6.07) is 4.00. The fraction of sp³-hybridized carbons (Fsp3) is 0.500. The summed E-state index contributed by atoms with van der Waals surface area (Å²) >= 11 is 0. The summed E-state index contributed by atoms with van der Waals surface area (Å²) in [5, 5.41) is 7.29. The van der Waals surface area contributed by atoms with Crippen LogP contribution in [0.4, 0.5) is 0 Å². The lowest BCUT2D eigenvalue weighted by atomic mass is 9.93. The molecule has 18 heavy (non-hydrogen) atoms. The van der Waals surface area contributed by atoms with Gasteiger partial charge in [0, 0.05) is 18.2 Å². The molecule has 4 heteroatoms. The van der Waals surface area contributed by atoms with E-state index in [4.69, 9.17) is 4.42 Å². The van der Waals surface area contributed by atoms with Crippen LogP contribution in [0.2, 0.25) is 0 Å². The largest absolute Gasteiger partial charge is 0.468 e. The van der Waals surface area contributed by atoms with Crippen LogP contribution in [0.25, 0.3) is 0 Å². The highest BCUT2D eigenvalue weighted by Crippen LogP contribution is 2.28. The molecule has 3 rings (SSSR count). The van der Waals surface area contributed by atoms with E-state index in [-0.39, 0.29) is 0 Å². The Labute approximate surface area is 107 Å². The molecule has 3 heterocycles. The number of aromatic nitrogens is 2. The van der Waals surface area contributed by atoms with Gasteiger partial charge in [-0.25, -0.2) is 0 Å². The van der Waals surface area contributed by atoms with Gasteiger partial charge in [0.05, 0.1) is 19.0 Å². The van der Waals surface area contributed by atoms with Crippen molar-refractivity contribution in [2.24, 2.45) is 0 Å². The minimum absolute atomic E-state index is 0.580. The number of aryl methyl sites for hydroxylation is 1. The molecule has 1 aliphatic rings. The normalized spacial score (nSPS) is 21.3. The van der Waals surface area contributed by atoms with Gasteiger partial charge >= 0.3 is 0 Å². The van der Waals surface area contributed by atoms with Gasteiger partial charge in [0.1, 0.15) is 5.76 Å². The number of rotatable bonds is 3. The number of aromatic amines is 1. The van der Waals surface area contributed by atoms with E-state index >= 15 is 0 Å². The van der Waals surface area contributed by atoms with E-state index in [1.807, 2.05) is 18.3 Å². The van der Waals surface area contributed by atoms with Crippen LogP contribution in [0.1, 0.15) is 35.8 Å². The third kappa shape index (κ3) is 2.34. The number of H-pyrrole nitrogens is 1. The average Bonchev–Trinajstić information content (AvgIpc) is 3.01. The molecule has 2 aromatic heterocycles. The maximum absolute atomic E-state index is 5.42. The van der Waals surface area contributed by atoms with Crippen LogP contribution in [0, 0.1) is 6.92 Å². The van der Waals surface area contributed by atoms with Gasteiger partial charge in [0.2, 0.25) is 0 Å². The highest BCUT2D eigenvalue weighted by Gasteiger charge is 2.24. The van der Waals surface area contributed by atoms with E-state index < -0.39 is 0 Å². The lowest BCUT2D eigenvalue weighted by Gasteiger charge is -2.31. The predicted molar refractivity (Wildman–Crippen MR) is 69.3 cm³/mol. The van der Waals surface area contributed by atoms with Crippen LogP contribution in [0.3, 0.4) is 0 Å². The van der Waals surface area contributed by atoms with Crippen LogP contribution in [0.5, 0.6) is 0 Å². The Morgan fingerprint density at radius 3 is 3.22 bits per heavy atom. The first-order valence-corrected chi connectivity index (χ1v) is 6.57. The number of piperidine rings is 1. The van der Waals surface area contributed by atoms with Crippen molar-refractivity contribution >= 4 is 0 Å². The zero-order chi connectivity index (χ0) is 12.4. The molecule has 1 atom stereocenters. The van der Waals surface area contributed by atoms with Crippen LogP contribution in [-0.4, -0.2) is 28.2 Å². The molecule has 1 N–H and O–H groups in total. The number of nitrogens with zero attached hydrogens (tertiary/aromatic N) is 2. The van der Waals surface area contributed by atoms with Crippen LogP contribution in [0.15, 0.2) is 29.0 Å². The van der Waals surface area contributed by atoms with Crippen LogP contribution in [-0.2, 0) is 6.54 Å². The van der Waals surface area contributed by atoms with E-state index in [0.29, 0.717) is 5.92 Å². The lowest BCUT2D eigenvalue weighted by molar-refractivity contribution is 0.185. The summed E-state index contributed by atoms with van der Waals surface area (Å²) in [6.45, 7) is 5.29. The molecule has 1 saturated heterocycles. The fourth-order valence-corrected chi connectivity index (χ4v) is 2.83. The highest BCUT2D eigenvalue weighted by molar-refractivity contribution is 5.19. The molecular formula is C14H19N3O. The molecule has 1 unspecified atom stereocenters. The number of hydrogen-bond donors (Lipinski definition) is 1. The molecule has 96 valence electrons. The number of likely N-dealkylation sites (tertiary alicyclic amines) is 1. The Bertz CT molecular complexity index is 489. The first-order chi connectivity index (χ1) is 8.83. The van der Waals surface area contributed by atoms with Gasteiger partial charge in [0.25, 0.3) is 0 Å². The maximum Gasteiger partial charge on any atom is 0.117 e. The smallest absolute Gasteiger partial charge is 0.117 e. The molecule has 0 bridgehead atoms. The van der Waals surface area contributed by atoms with Gasteiger partial charge in [0.15, 0.2) is 0 Å². The molecule has 1 fully saturated rings. The van der Waals surface area contributed by atoms with Gasteiger partial charge in [-0.1, -0.05) is 0 Å². The standard InChI is InChI=1S/C14H19N3O/c1-11-8-15-16-14(11)12-4-2-6-17(9-12)10-13-5-3-7-18-13/h3,5,7-8,12H,2,4,6,9-10H2,1H3,(H,15,16). The van der Waals surface area contributed by atoms with Gasteiger partial charge in [-0.05, 0) is 44.0 Å². The zero-order valence-corrected chi connectivity index (χ0v) is 10.7. The molecule has 1 aliphatic heterocycles. The highest BCUT2D eigenvalue weighted by atomic mass is 16.3. The average molecular weight is 245 g/mol. The molecule has 0 aliphatic carbocycles. The second-order valence-corrected chi connectivity index (χ2v) is 5.12. The Morgan fingerprint density at radius 1 is 1.56 bits per heavy atom. The van der Waals surface area contributed by atoms with Crippen molar-refractivity contribution in [1.82, 2.24) is 15.1 Å². The third-order valence-electron chi connectivity index (χ3n) is 3.74. The van der Waals surface area contributed by atoms with Crippen molar-refractivity contribution in [1.29, 1.82) is 0 Å². The Kier molecular flexibility index (Phi) is 3.19. The Balaban J connectivity index is 1.67. The molecule has 4 nitrogen and oxygen atoms in total. The van der Waals surface area contributed by atoms with Crippen molar-refractivity contribution in [2.75, 3.05) is 13.1 Å². The van der Waals surface area contributed by atoms with Gasteiger partial charge in [-0.15, -0.1) is 0 Å². The fourth-order valence-electron chi connectivity index (χ4n) is 2.83. The van der Waals surface area contributed by atoms with Crippen LogP contribution < -0.4 is 0 Å². The second kappa shape index (κ2) is 4.98. The van der Waals surface area contributed by atoms with Crippen molar-refractivity contribution in [2.45, 2.75) is 32.2 Å². The van der Waals surface area contributed by atoms with Gasteiger partial charge in [-0.2, -0.15) is 5.10 Å². The summed E-state index contributed by atoms with van der Waals surface area (Å²) in [4.78, 5) is 2.47. The molecule has 0 aromatic carbocycles. The molecular weight excluding hydrogens is 226 g/mol. The molecule has 0 amide bonds. The number of furan rings is 1. The maximum atomic E-state index is 5.42. The summed E-state index contributed by atoms with van der Waals surface area (Å²) in [5.41, 5.74) is 2.58. The minimum atomic E-state index is 0.580. The van der Waals surface area contributed by atoms with E-state index in [1.54, 1.807) is 6.26 Å². The monoisotopic (exact) mass is 245 g/mol. The molecule has 2 aromatic rings. The molecule has 0 saturated carbocycles. The van der Waals surface area contributed by atoms with E-state index in [1.165, 1.54) is 24.1 Å². The number of hydrogen-bond acceptors (Lipinski definition) is 3. The van der Waals surface area contributed by atoms with Crippen molar-refractivity contribution < 1.29 is 4.42 Å². The summed E-state index contributed by atoms with van der Waals surface area (Å²) in [5.74, 6) is 1.63. The molecule has 0 spiro atoms. The Morgan fingerprint density at radius 2 is 2.50 bits per heavy atom. The number of nitrogens with one attached hydrogen (secondary N) is 1. The van der Waals surface area contributed by atoms with Crippen molar-refractivity contribution in [3.05, 3.63) is 41.6 Å². The summed E-state index contributed by atoms with van der Waals surface area (Å²) < 4.78 is 5.42. The lowest BCUT2D eigenvalue weighted by Crippen LogP contribution is -2.34. The van der Waals surface area contributed by atoms with Gasteiger partial charge in [-0.3, -0.25) is 10.00 Å². The van der Waals surface area contributed by atoms with Crippen LogP contribution >= 0.6 is 0 Å². The Hall–Kier alpha value is -1.55. The first-order valence-electron chi connectivity index (χ1n) is 6.57. The third-order valence-corrected chi connectivity index (χ3v) is 3.74. The first kappa shape index (κ1) is 11.5. The van der Waals surface area contributed by atoms with E-state index in [9.17, 15) is 0 Å². The van der Waals surface area contributed by atoms with E-state index in [2.05, 4.69) is 22.0 Å². The van der Waals surface area contributed by atoms with Crippen molar-refractivity contribution in [3.63, 3.8) is 0 Å². The zero-order valence-electron chi connectivity index (χ0n) is 10.7. The molecule has 0 radical (unpaired) electrons. The summed E-state index contributed by atoms with van der Waals surface area (Å²) in [7, 11) is 0. The quantitative estimate of drug-likeness (QED) is 0.904. The predicted octanol–water partition coefficient (Wildman–Crippen LogP) is 2.69. The van der Waals surface area contributed by atoms with Gasteiger partial charge < -0.3 is 4.42 Å². The summed E-state index contributed by atoms with van der Waals surface area (Å²) in [6.07, 6.45) is 6.15. The van der Waals surface area contributed by atoms with E-state index in [0.717, 1.165) is 25.4 Å². The van der Waals surface area contributed by atoms with Crippen molar-refractivity contribution in [3.8, 4) is 0 Å².